The summed E-state index contributed by atoms with van der Waals surface area (Å²) in [6, 6.07) is 0. The summed E-state index contributed by atoms with van der Waals surface area (Å²) in [6.07, 6.45) is 91.4. The average molecular weight is 1110 g/mol. The lowest BCUT2D eigenvalue weighted by Crippen LogP contribution is -2.30. The molecule has 460 valence electrons. The first-order valence-electron chi connectivity index (χ1n) is 34.2. The first-order chi connectivity index (χ1) is 39.5. The number of hydrogen-bond acceptors (Lipinski definition) is 6. The molecular weight excluding hydrogens is 985 g/mol. The molecule has 0 bridgehead atoms. The second-order valence-electron chi connectivity index (χ2n) is 22.7. The second-order valence-corrected chi connectivity index (χ2v) is 22.7. The molecule has 0 heterocycles. The summed E-state index contributed by atoms with van der Waals surface area (Å²) < 4.78 is 16.9. The summed E-state index contributed by atoms with van der Waals surface area (Å²) in [7, 11) is 0. The third-order valence-electron chi connectivity index (χ3n) is 14.8. The van der Waals surface area contributed by atoms with Crippen LogP contribution in [0.15, 0.2) is 97.2 Å². The molecule has 0 aliphatic rings. The third kappa shape index (κ3) is 65.1. The van der Waals surface area contributed by atoms with Crippen LogP contribution in [0.3, 0.4) is 0 Å². The van der Waals surface area contributed by atoms with Gasteiger partial charge in [0.1, 0.15) is 13.2 Å². The van der Waals surface area contributed by atoms with E-state index >= 15 is 0 Å². The van der Waals surface area contributed by atoms with Crippen LogP contribution in [0.5, 0.6) is 0 Å². The molecule has 0 saturated carbocycles. The van der Waals surface area contributed by atoms with Crippen LogP contribution < -0.4 is 0 Å². The lowest BCUT2D eigenvalue weighted by molar-refractivity contribution is -0.167. The number of rotatable bonds is 62. The van der Waals surface area contributed by atoms with E-state index in [1.54, 1.807) is 0 Å². The molecule has 0 rings (SSSR count). The summed E-state index contributed by atoms with van der Waals surface area (Å²) in [5.41, 5.74) is 0. The highest BCUT2D eigenvalue weighted by molar-refractivity contribution is 5.71. The van der Waals surface area contributed by atoms with Crippen molar-refractivity contribution in [1.29, 1.82) is 0 Å². The number of allylic oxidation sites excluding steroid dienone is 16. The first kappa shape index (κ1) is 76.3. The van der Waals surface area contributed by atoms with Crippen molar-refractivity contribution in [1.82, 2.24) is 0 Å². The molecule has 80 heavy (non-hydrogen) atoms. The summed E-state index contributed by atoms with van der Waals surface area (Å²) in [4.78, 5) is 38.4. The van der Waals surface area contributed by atoms with Crippen LogP contribution in [-0.2, 0) is 28.6 Å². The Bertz CT molecular complexity index is 1560. The Morgan fingerprint density at radius 2 is 0.487 bits per heavy atom. The predicted molar refractivity (Wildman–Crippen MR) is 348 cm³/mol. The van der Waals surface area contributed by atoms with Gasteiger partial charge < -0.3 is 14.2 Å². The fourth-order valence-electron chi connectivity index (χ4n) is 9.67. The maximum Gasteiger partial charge on any atom is 0.306 e. The van der Waals surface area contributed by atoms with Crippen LogP contribution in [0.25, 0.3) is 0 Å². The number of hydrogen-bond donors (Lipinski definition) is 0. The van der Waals surface area contributed by atoms with E-state index in [4.69, 9.17) is 14.2 Å². The highest BCUT2D eigenvalue weighted by Crippen LogP contribution is 2.17. The van der Waals surface area contributed by atoms with Crippen LogP contribution in [0.4, 0.5) is 0 Å². The van der Waals surface area contributed by atoms with Crippen LogP contribution in [-0.4, -0.2) is 37.2 Å². The molecule has 1 atom stereocenters. The molecule has 6 heteroatoms. The van der Waals surface area contributed by atoms with E-state index in [1.807, 2.05) is 0 Å². The van der Waals surface area contributed by atoms with Gasteiger partial charge >= 0.3 is 17.9 Å². The fraction of sp³-hybridized carbons (Fsp3) is 0.743. The molecule has 0 saturated heterocycles. The summed E-state index contributed by atoms with van der Waals surface area (Å²) >= 11 is 0. The molecule has 0 aromatic rings. The van der Waals surface area contributed by atoms with Gasteiger partial charge in [0.2, 0.25) is 0 Å². The average Bonchev–Trinajstić information content (AvgIpc) is 3.46. The zero-order valence-electron chi connectivity index (χ0n) is 52.8. The molecule has 0 amide bonds. The first-order valence-corrected chi connectivity index (χ1v) is 34.2. The van der Waals surface area contributed by atoms with Crippen molar-refractivity contribution in [2.75, 3.05) is 13.2 Å². The molecule has 0 aromatic carbocycles. The molecule has 0 fully saturated rings. The Morgan fingerprint density at radius 3 is 0.800 bits per heavy atom. The van der Waals surface area contributed by atoms with E-state index in [1.165, 1.54) is 186 Å². The van der Waals surface area contributed by atoms with Crippen molar-refractivity contribution in [3.63, 3.8) is 0 Å². The largest absolute Gasteiger partial charge is 0.462 e. The van der Waals surface area contributed by atoms with Crippen molar-refractivity contribution < 1.29 is 28.6 Å². The van der Waals surface area contributed by atoms with Gasteiger partial charge in [-0.05, 0) is 122 Å². The summed E-state index contributed by atoms with van der Waals surface area (Å²) in [5.74, 6) is -0.888. The van der Waals surface area contributed by atoms with Crippen LogP contribution in [0, 0.1) is 0 Å². The van der Waals surface area contributed by atoms with E-state index in [-0.39, 0.29) is 31.1 Å². The Labute approximate surface area is 496 Å². The van der Waals surface area contributed by atoms with E-state index in [2.05, 4.69) is 118 Å². The molecule has 0 aliphatic carbocycles. The quantitative estimate of drug-likeness (QED) is 0.0261. The van der Waals surface area contributed by atoms with Crippen molar-refractivity contribution in [3.05, 3.63) is 97.2 Å². The molecule has 6 nitrogen and oxygen atoms in total. The predicted octanol–water partition coefficient (Wildman–Crippen LogP) is 23.6. The van der Waals surface area contributed by atoms with Gasteiger partial charge in [-0.2, -0.15) is 0 Å². The van der Waals surface area contributed by atoms with E-state index in [0.717, 1.165) is 109 Å². The Kier molecular flexibility index (Phi) is 64.7. The van der Waals surface area contributed by atoms with Gasteiger partial charge in [0.05, 0.1) is 0 Å². The lowest BCUT2D eigenvalue weighted by Gasteiger charge is -2.18. The van der Waals surface area contributed by atoms with E-state index < -0.39 is 6.10 Å². The monoisotopic (exact) mass is 1110 g/mol. The zero-order chi connectivity index (χ0) is 57.8. The van der Waals surface area contributed by atoms with Crippen LogP contribution in [0.2, 0.25) is 0 Å². The van der Waals surface area contributed by atoms with Gasteiger partial charge in [0, 0.05) is 19.3 Å². The van der Waals surface area contributed by atoms with Gasteiger partial charge in [0.25, 0.3) is 0 Å². The molecule has 0 aliphatic heterocycles. The molecule has 1 unspecified atom stereocenters. The van der Waals surface area contributed by atoms with Gasteiger partial charge in [-0.3, -0.25) is 14.4 Å². The van der Waals surface area contributed by atoms with Crippen LogP contribution in [0.1, 0.15) is 335 Å². The maximum absolute atomic E-state index is 12.9. The highest BCUT2D eigenvalue weighted by Gasteiger charge is 2.19. The summed E-state index contributed by atoms with van der Waals surface area (Å²) in [5, 5.41) is 0. The van der Waals surface area contributed by atoms with Gasteiger partial charge in [-0.1, -0.05) is 291 Å². The molecule has 0 radical (unpaired) electrons. The number of carbonyl (C=O) groups is 3. The smallest absolute Gasteiger partial charge is 0.306 e. The number of esters is 3. The molecule has 0 aromatic heterocycles. The number of unbranched alkanes of at least 4 members (excludes halogenated alkanes) is 35. The van der Waals surface area contributed by atoms with Gasteiger partial charge in [0.15, 0.2) is 6.10 Å². The van der Waals surface area contributed by atoms with Crippen molar-refractivity contribution >= 4 is 17.9 Å². The molecule has 0 N–H and O–H groups in total. The van der Waals surface area contributed by atoms with Gasteiger partial charge in [-0.15, -0.1) is 0 Å². The maximum atomic E-state index is 12.9. The normalized spacial score (nSPS) is 12.7. The standard InChI is InChI=1S/C74H128O6/c1-4-7-10-13-16-19-22-25-27-29-31-33-34-35-36-37-38-39-40-42-43-45-47-49-52-55-58-61-64-67-73(76)79-70-71(69-78-72(75)66-63-60-57-54-51-24-21-18-15-12-9-6-3)80-74(77)68-65-62-59-56-53-50-48-46-44-41-32-30-28-26-23-20-17-14-11-8-5-2/h8,11,17-18,20-22,25-26,28-29,31-32,34-35,41,71H,4-7,9-10,12-16,19,23-24,27,30,33,36-40,42-70H2,1-3H3/b11-8-,20-17-,21-18-,25-22-,28-26-,31-29-,35-34-,41-32-. The van der Waals surface area contributed by atoms with Crippen molar-refractivity contribution in [2.45, 2.75) is 341 Å². The van der Waals surface area contributed by atoms with E-state index in [9.17, 15) is 14.4 Å². The summed E-state index contributed by atoms with van der Waals surface area (Å²) in [6.45, 7) is 6.51. The molecular formula is C74H128O6. The van der Waals surface area contributed by atoms with Gasteiger partial charge in [-0.25, -0.2) is 0 Å². The minimum Gasteiger partial charge on any atom is -0.462 e. The Morgan fingerprint density at radius 1 is 0.263 bits per heavy atom. The highest BCUT2D eigenvalue weighted by atomic mass is 16.6. The Balaban J connectivity index is 4.25. The van der Waals surface area contributed by atoms with Crippen molar-refractivity contribution in [2.24, 2.45) is 0 Å². The topological polar surface area (TPSA) is 78.9 Å². The lowest BCUT2D eigenvalue weighted by atomic mass is 10.0. The van der Waals surface area contributed by atoms with E-state index in [0.29, 0.717) is 19.3 Å². The fourth-order valence-corrected chi connectivity index (χ4v) is 9.67. The zero-order valence-corrected chi connectivity index (χ0v) is 52.8. The molecule has 0 spiro atoms. The third-order valence-corrected chi connectivity index (χ3v) is 14.8. The minimum atomic E-state index is -0.787. The van der Waals surface area contributed by atoms with Crippen LogP contribution >= 0.6 is 0 Å². The minimum absolute atomic E-state index is 0.0823. The van der Waals surface area contributed by atoms with Crippen molar-refractivity contribution in [3.8, 4) is 0 Å². The Hall–Kier alpha value is -3.67. The number of ether oxygens (including phenoxy) is 3. The number of carbonyl (C=O) groups excluding carboxylic acids is 3. The second kappa shape index (κ2) is 67.8. The SMILES string of the molecule is CC/C=C\C/C=C\C/C=C\C/C=C\CCCCCCCCCCC(=O)OC(COC(=O)CCCCCCC/C=C\CCCCC)COC(=O)CCCCCCCCCCCCCCCC/C=C\C/C=C\C/C=C\CCCCCCC.